The van der Waals surface area contributed by atoms with E-state index in [9.17, 15) is 4.79 Å². The number of fused-ring (bicyclic) bond motifs is 1. The lowest BCUT2D eigenvalue weighted by molar-refractivity contribution is -0.125. The Morgan fingerprint density at radius 2 is 2.00 bits per heavy atom. The number of H-pyrrole nitrogens is 1. The SMILES string of the molecule is Cc1ccc2nc(N3CCC(C(=O)NCCCN4CCCC4)CC3)[nH]c2c1. The fourth-order valence-electron chi connectivity index (χ4n) is 4.28. The molecule has 2 saturated heterocycles. The van der Waals surface area contributed by atoms with Gasteiger partial charge < -0.3 is 20.1 Å². The number of carbonyl (C=O) groups is 1. The zero-order valence-corrected chi connectivity index (χ0v) is 16.3. The van der Waals surface area contributed by atoms with E-state index in [2.05, 4.69) is 45.2 Å². The molecule has 0 saturated carbocycles. The molecule has 27 heavy (non-hydrogen) atoms. The zero-order valence-electron chi connectivity index (χ0n) is 16.3. The fraction of sp³-hybridized carbons (Fsp3) is 0.619. The Morgan fingerprint density at radius 3 is 2.78 bits per heavy atom. The molecule has 2 fully saturated rings. The summed E-state index contributed by atoms with van der Waals surface area (Å²) in [5, 5.41) is 3.15. The summed E-state index contributed by atoms with van der Waals surface area (Å²) in [4.78, 5) is 25.4. The Labute approximate surface area is 161 Å². The molecule has 146 valence electrons. The maximum absolute atomic E-state index is 12.4. The van der Waals surface area contributed by atoms with Crippen LogP contribution in [-0.4, -0.2) is 60.0 Å². The Morgan fingerprint density at radius 1 is 1.22 bits per heavy atom. The van der Waals surface area contributed by atoms with Gasteiger partial charge in [-0.25, -0.2) is 4.98 Å². The molecule has 0 bridgehead atoms. The number of nitrogens with one attached hydrogen (secondary N) is 2. The number of hydrogen-bond acceptors (Lipinski definition) is 4. The summed E-state index contributed by atoms with van der Waals surface area (Å²) in [6, 6.07) is 6.29. The maximum Gasteiger partial charge on any atom is 0.223 e. The van der Waals surface area contributed by atoms with Crippen LogP contribution in [0, 0.1) is 12.8 Å². The van der Waals surface area contributed by atoms with Crippen LogP contribution in [-0.2, 0) is 4.79 Å². The van der Waals surface area contributed by atoms with Gasteiger partial charge in [0.2, 0.25) is 11.9 Å². The van der Waals surface area contributed by atoms with Gasteiger partial charge in [-0.2, -0.15) is 0 Å². The lowest BCUT2D eigenvalue weighted by atomic mass is 9.96. The molecule has 0 unspecified atom stereocenters. The predicted molar refractivity (Wildman–Crippen MR) is 109 cm³/mol. The van der Waals surface area contributed by atoms with Gasteiger partial charge in [-0.05, 0) is 76.4 Å². The second-order valence-corrected chi connectivity index (χ2v) is 8.04. The highest BCUT2D eigenvalue weighted by molar-refractivity contribution is 5.80. The molecule has 3 heterocycles. The van der Waals surface area contributed by atoms with Gasteiger partial charge >= 0.3 is 0 Å². The number of amides is 1. The molecule has 2 aromatic rings. The summed E-state index contributed by atoms with van der Waals surface area (Å²) in [5.74, 6) is 1.30. The number of aromatic amines is 1. The number of aromatic nitrogens is 2. The van der Waals surface area contributed by atoms with E-state index in [1.54, 1.807) is 0 Å². The van der Waals surface area contributed by atoms with E-state index in [-0.39, 0.29) is 11.8 Å². The van der Waals surface area contributed by atoms with Crippen LogP contribution in [0.5, 0.6) is 0 Å². The number of benzene rings is 1. The van der Waals surface area contributed by atoms with Crippen LogP contribution < -0.4 is 10.2 Å². The monoisotopic (exact) mass is 369 g/mol. The van der Waals surface area contributed by atoms with Gasteiger partial charge in [-0.15, -0.1) is 0 Å². The summed E-state index contributed by atoms with van der Waals surface area (Å²) < 4.78 is 0. The number of anilines is 1. The number of nitrogens with zero attached hydrogens (tertiary/aromatic N) is 3. The van der Waals surface area contributed by atoms with Gasteiger partial charge in [-0.3, -0.25) is 4.79 Å². The van der Waals surface area contributed by atoms with Crippen LogP contribution >= 0.6 is 0 Å². The number of rotatable bonds is 6. The van der Waals surface area contributed by atoms with Gasteiger partial charge in [0.15, 0.2) is 0 Å². The number of likely N-dealkylation sites (tertiary alicyclic amines) is 1. The zero-order chi connectivity index (χ0) is 18.6. The van der Waals surface area contributed by atoms with E-state index in [0.717, 1.165) is 62.4 Å². The van der Waals surface area contributed by atoms with E-state index >= 15 is 0 Å². The average Bonchev–Trinajstić information content (AvgIpc) is 3.34. The van der Waals surface area contributed by atoms with E-state index in [1.807, 2.05) is 0 Å². The smallest absolute Gasteiger partial charge is 0.223 e. The minimum atomic E-state index is 0.139. The van der Waals surface area contributed by atoms with Gasteiger partial charge in [-0.1, -0.05) is 6.07 Å². The summed E-state index contributed by atoms with van der Waals surface area (Å²) in [6.07, 6.45) is 5.51. The van der Waals surface area contributed by atoms with Crippen molar-refractivity contribution in [1.82, 2.24) is 20.2 Å². The standard InChI is InChI=1S/C21H31N5O/c1-16-5-6-18-19(15-16)24-21(23-18)26-13-7-17(8-14-26)20(27)22-9-4-12-25-10-2-3-11-25/h5-6,15,17H,2-4,7-14H2,1H3,(H,22,27)(H,23,24). The summed E-state index contributed by atoms with van der Waals surface area (Å²) in [5.41, 5.74) is 3.33. The molecule has 1 aromatic carbocycles. The van der Waals surface area contributed by atoms with Crippen molar-refractivity contribution in [2.45, 2.75) is 39.0 Å². The number of imidazole rings is 1. The highest BCUT2D eigenvalue weighted by Gasteiger charge is 2.26. The normalized spacial score (nSPS) is 19.1. The van der Waals surface area contributed by atoms with E-state index < -0.39 is 0 Å². The predicted octanol–water partition coefficient (Wildman–Crippen LogP) is 2.69. The van der Waals surface area contributed by atoms with Crippen molar-refractivity contribution in [3.05, 3.63) is 23.8 Å². The van der Waals surface area contributed by atoms with Crippen LogP contribution in [0.4, 0.5) is 5.95 Å². The summed E-state index contributed by atoms with van der Waals surface area (Å²) in [7, 11) is 0. The Bertz CT molecular complexity index is 772. The maximum atomic E-state index is 12.4. The number of aryl methyl sites for hydroxylation is 1. The second kappa shape index (κ2) is 8.30. The second-order valence-electron chi connectivity index (χ2n) is 8.04. The first kappa shape index (κ1) is 18.3. The molecular weight excluding hydrogens is 338 g/mol. The largest absolute Gasteiger partial charge is 0.356 e. The van der Waals surface area contributed by atoms with Gasteiger partial charge in [0.1, 0.15) is 0 Å². The van der Waals surface area contributed by atoms with Crippen molar-refractivity contribution in [3.8, 4) is 0 Å². The van der Waals surface area contributed by atoms with E-state index in [1.165, 1.54) is 31.5 Å². The number of hydrogen-bond donors (Lipinski definition) is 2. The molecular formula is C21H31N5O. The van der Waals surface area contributed by atoms with Gasteiger partial charge in [0.05, 0.1) is 11.0 Å². The third-order valence-electron chi connectivity index (χ3n) is 5.94. The number of carbonyl (C=O) groups excluding carboxylic acids is 1. The lowest BCUT2D eigenvalue weighted by Gasteiger charge is -2.31. The van der Waals surface area contributed by atoms with Crippen LogP contribution in [0.3, 0.4) is 0 Å². The van der Waals surface area contributed by atoms with Crippen LogP contribution in [0.1, 0.15) is 37.7 Å². The molecule has 0 spiro atoms. The highest BCUT2D eigenvalue weighted by atomic mass is 16.1. The minimum Gasteiger partial charge on any atom is -0.356 e. The third-order valence-corrected chi connectivity index (χ3v) is 5.94. The molecule has 1 aromatic heterocycles. The topological polar surface area (TPSA) is 64.3 Å². The molecule has 4 rings (SSSR count). The first-order valence-corrected chi connectivity index (χ1v) is 10.4. The molecule has 0 aliphatic carbocycles. The molecule has 2 aliphatic heterocycles. The van der Waals surface area contributed by atoms with Crippen LogP contribution in [0.25, 0.3) is 11.0 Å². The molecule has 0 atom stereocenters. The van der Waals surface area contributed by atoms with Crippen molar-refractivity contribution in [3.63, 3.8) is 0 Å². The van der Waals surface area contributed by atoms with Crippen molar-refractivity contribution in [1.29, 1.82) is 0 Å². The molecule has 1 amide bonds. The Hall–Kier alpha value is -2.08. The van der Waals surface area contributed by atoms with Crippen molar-refractivity contribution >= 4 is 22.9 Å². The van der Waals surface area contributed by atoms with E-state index in [0.29, 0.717) is 0 Å². The van der Waals surface area contributed by atoms with Crippen molar-refractivity contribution in [2.75, 3.05) is 44.2 Å². The molecule has 0 radical (unpaired) electrons. The fourth-order valence-corrected chi connectivity index (χ4v) is 4.28. The summed E-state index contributed by atoms with van der Waals surface area (Å²) in [6.45, 7) is 8.23. The average molecular weight is 370 g/mol. The highest BCUT2D eigenvalue weighted by Crippen LogP contribution is 2.24. The van der Waals surface area contributed by atoms with Crippen molar-refractivity contribution in [2.24, 2.45) is 5.92 Å². The van der Waals surface area contributed by atoms with Crippen LogP contribution in [0.2, 0.25) is 0 Å². The molecule has 2 N–H and O–H groups in total. The first-order valence-electron chi connectivity index (χ1n) is 10.4. The number of piperidine rings is 1. The van der Waals surface area contributed by atoms with Crippen LogP contribution in [0.15, 0.2) is 18.2 Å². The molecule has 6 nitrogen and oxygen atoms in total. The Balaban J connectivity index is 1.22. The first-order chi connectivity index (χ1) is 13.2. The summed E-state index contributed by atoms with van der Waals surface area (Å²) >= 11 is 0. The Kier molecular flexibility index (Phi) is 5.62. The molecule has 6 heteroatoms. The lowest BCUT2D eigenvalue weighted by Crippen LogP contribution is -2.41. The molecule has 2 aliphatic rings. The van der Waals surface area contributed by atoms with E-state index in [4.69, 9.17) is 4.98 Å². The third kappa shape index (κ3) is 4.43. The minimum absolute atomic E-state index is 0.139. The van der Waals surface area contributed by atoms with Gasteiger partial charge in [0, 0.05) is 25.6 Å². The van der Waals surface area contributed by atoms with Crippen molar-refractivity contribution < 1.29 is 4.79 Å². The van der Waals surface area contributed by atoms with Gasteiger partial charge in [0.25, 0.3) is 0 Å². The quantitative estimate of drug-likeness (QED) is 0.769.